The third-order valence-electron chi connectivity index (χ3n) is 2.40. The molecule has 7 heteroatoms. The second-order valence-corrected chi connectivity index (χ2v) is 4.54. The number of anilines is 1. The lowest BCUT2D eigenvalue weighted by atomic mass is 10.1. The average Bonchev–Trinajstić information content (AvgIpc) is 2.41. The Balaban J connectivity index is 3.26. The first-order chi connectivity index (χ1) is 9.85. The molecule has 1 aromatic heterocycles. The van der Waals surface area contributed by atoms with Crippen LogP contribution in [0.4, 0.5) is 11.8 Å². The fraction of sp³-hybridized carbons (Fsp3) is 0.286. The molecule has 0 aliphatic rings. The molecule has 0 aromatic carbocycles. The molecular weight excluding hydrogens is 270 g/mol. The van der Waals surface area contributed by atoms with E-state index in [-0.39, 0.29) is 22.9 Å². The molecule has 0 unspecified atom stereocenters. The summed E-state index contributed by atoms with van der Waals surface area (Å²) >= 11 is 0. The number of carbonyl (C=O) groups is 1. The van der Waals surface area contributed by atoms with Crippen molar-refractivity contribution >= 4 is 29.5 Å². The minimum Gasteiger partial charge on any atom is -0.372 e. The Bertz CT molecular complexity index is 656. The van der Waals surface area contributed by atoms with E-state index in [2.05, 4.69) is 26.9 Å². The highest BCUT2D eigenvalue weighted by atomic mass is 16.1. The first kappa shape index (κ1) is 16.4. The Kier molecular flexibility index (Phi) is 5.59. The summed E-state index contributed by atoms with van der Waals surface area (Å²) < 4.78 is 0. The number of allylic oxidation sites excluding steroid dienone is 3. The number of aliphatic imine (C=N–C) groups is 1. The van der Waals surface area contributed by atoms with Crippen LogP contribution >= 0.6 is 0 Å². The van der Waals surface area contributed by atoms with Crippen LogP contribution in [0, 0.1) is 0 Å². The number of rotatable bonds is 6. The number of carbonyl (C=O) groups excluding carboxylic acids is 1. The zero-order valence-corrected chi connectivity index (χ0v) is 12.6. The molecule has 1 heterocycles. The van der Waals surface area contributed by atoms with Crippen LogP contribution in [0.25, 0.3) is 5.57 Å². The Hall–Kier alpha value is -2.70. The zero-order chi connectivity index (χ0) is 16.0. The second kappa shape index (κ2) is 7.18. The first-order valence-corrected chi connectivity index (χ1v) is 6.25. The minimum atomic E-state index is -0.376. The lowest BCUT2D eigenvalue weighted by molar-refractivity contribution is -0.112. The van der Waals surface area contributed by atoms with E-state index in [1.165, 1.54) is 25.4 Å². The Morgan fingerprint density at radius 1 is 1.43 bits per heavy atom. The van der Waals surface area contributed by atoms with E-state index >= 15 is 0 Å². The molecule has 0 saturated carbocycles. The molecule has 112 valence electrons. The van der Waals surface area contributed by atoms with Crippen molar-refractivity contribution in [1.82, 2.24) is 14.9 Å². The summed E-state index contributed by atoms with van der Waals surface area (Å²) in [4.78, 5) is 35.6. The minimum absolute atomic E-state index is 0.126. The van der Waals surface area contributed by atoms with Gasteiger partial charge in [0.05, 0.1) is 11.9 Å². The van der Waals surface area contributed by atoms with E-state index in [1.807, 2.05) is 14.1 Å². The number of nitrogens with zero attached hydrogens (tertiary/aromatic N) is 3. The van der Waals surface area contributed by atoms with Gasteiger partial charge in [-0.3, -0.25) is 14.6 Å². The normalized spacial score (nSPS) is 11.0. The van der Waals surface area contributed by atoms with Gasteiger partial charge in [0.2, 0.25) is 5.95 Å². The Labute approximate surface area is 123 Å². The van der Waals surface area contributed by atoms with Crippen molar-refractivity contribution in [3.05, 3.63) is 34.6 Å². The fourth-order valence-electron chi connectivity index (χ4n) is 1.47. The maximum absolute atomic E-state index is 12.1. The van der Waals surface area contributed by atoms with E-state index in [0.717, 1.165) is 0 Å². The van der Waals surface area contributed by atoms with E-state index in [9.17, 15) is 9.59 Å². The lowest BCUT2D eigenvalue weighted by Crippen LogP contribution is -2.16. The van der Waals surface area contributed by atoms with Gasteiger partial charge in [0.15, 0.2) is 5.78 Å². The Morgan fingerprint density at radius 3 is 2.62 bits per heavy atom. The number of ketones is 1. The fourth-order valence-corrected chi connectivity index (χ4v) is 1.47. The average molecular weight is 289 g/mol. The van der Waals surface area contributed by atoms with Gasteiger partial charge in [0.1, 0.15) is 5.82 Å². The molecule has 0 saturated heterocycles. The van der Waals surface area contributed by atoms with Crippen molar-refractivity contribution in [3.63, 3.8) is 0 Å². The van der Waals surface area contributed by atoms with Crippen molar-refractivity contribution in [1.29, 1.82) is 0 Å². The predicted octanol–water partition coefficient (Wildman–Crippen LogP) is 1.19. The molecule has 0 atom stereocenters. The summed E-state index contributed by atoms with van der Waals surface area (Å²) in [6.45, 7) is 5.21. The standard InChI is InChI=1S/C14H19N5O2/c1-9(6-7-10(2)20)11-12(15-3)17-14(18-13(11)21)16-8-19(4)5/h6-8H,1H2,2-5H3,(H2,15,17,18,21)/b7-6+,16-8?. The van der Waals surface area contributed by atoms with Crippen LogP contribution < -0.4 is 10.9 Å². The number of hydrogen-bond acceptors (Lipinski definition) is 5. The molecule has 0 radical (unpaired) electrons. The zero-order valence-electron chi connectivity index (χ0n) is 12.6. The van der Waals surface area contributed by atoms with Crippen molar-refractivity contribution in [2.45, 2.75) is 6.92 Å². The van der Waals surface area contributed by atoms with Crippen molar-refractivity contribution in [3.8, 4) is 0 Å². The molecule has 0 fully saturated rings. The quantitative estimate of drug-likeness (QED) is 0.355. The molecule has 0 bridgehead atoms. The summed E-state index contributed by atoms with van der Waals surface area (Å²) in [6, 6.07) is 0. The van der Waals surface area contributed by atoms with Crippen LogP contribution in [0.5, 0.6) is 0 Å². The van der Waals surface area contributed by atoms with Gasteiger partial charge < -0.3 is 10.2 Å². The number of nitrogens with one attached hydrogen (secondary N) is 2. The van der Waals surface area contributed by atoms with Crippen LogP contribution in [-0.4, -0.2) is 48.1 Å². The summed E-state index contributed by atoms with van der Waals surface area (Å²) in [5, 5.41) is 2.83. The van der Waals surface area contributed by atoms with Gasteiger partial charge in [-0.15, -0.1) is 0 Å². The maximum Gasteiger partial charge on any atom is 0.262 e. The van der Waals surface area contributed by atoms with E-state index < -0.39 is 0 Å². The van der Waals surface area contributed by atoms with Crippen molar-refractivity contribution < 1.29 is 4.79 Å². The van der Waals surface area contributed by atoms with E-state index in [4.69, 9.17) is 0 Å². The van der Waals surface area contributed by atoms with Gasteiger partial charge in [-0.1, -0.05) is 12.7 Å². The molecule has 0 aliphatic carbocycles. The molecule has 0 aliphatic heterocycles. The molecule has 2 N–H and O–H groups in total. The molecule has 7 nitrogen and oxygen atoms in total. The van der Waals surface area contributed by atoms with Gasteiger partial charge in [-0.25, -0.2) is 4.99 Å². The molecular formula is C14H19N5O2. The van der Waals surface area contributed by atoms with Gasteiger partial charge in [0, 0.05) is 21.1 Å². The molecule has 0 spiro atoms. The van der Waals surface area contributed by atoms with Gasteiger partial charge >= 0.3 is 0 Å². The maximum atomic E-state index is 12.1. The summed E-state index contributed by atoms with van der Waals surface area (Å²) in [5.74, 6) is 0.409. The predicted molar refractivity (Wildman–Crippen MR) is 85.1 cm³/mol. The first-order valence-electron chi connectivity index (χ1n) is 6.25. The van der Waals surface area contributed by atoms with Crippen LogP contribution in [0.3, 0.4) is 0 Å². The number of H-pyrrole nitrogens is 1. The summed E-state index contributed by atoms with van der Waals surface area (Å²) in [6.07, 6.45) is 4.36. The molecule has 1 aromatic rings. The summed E-state index contributed by atoms with van der Waals surface area (Å²) in [7, 11) is 5.26. The SMILES string of the molecule is C=C(/C=C/C(C)=O)c1c(NC)nc(N=CN(C)C)[nH]c1=O. The van der Waals surface area contributed by atoms with E-state index in [1.54, 1.807) is 11.9 Å². The monoisotopic (exact) mass is 289 g/mol. The van der Waals surface area contributed by atoms with Crippen LogP contribution in [0.15, 0.2) is 28.5 Å². The summed E-state index contributed by atoms with van der Waals surface area (Å²) in [5.41, 5.74) is 0.295. The van der Waals surface area contributed by atoms with Gasteiger partial charge in [0.25, 0.3) is 5.56 Å². The highest BCUT2D eigenvalue weighted by molar-refractivity contribution is 5.91. The topological polar surface area (TPSA) is 90.4 Å². The second-order valence-electron chi connectivity index (χ2n) is 4.54. The van der Waals surface area contributed by atoms with Crippen LogP contribution in [0.1, 0.15) is 12.5 Å². The number of aromatic nitrogens is 2. The van der Waals surface area contributed by atoms with Crippen LogP contribution in [-0.2, 0) is 4.79 Å². The van der Waals surface area contributed by atoms with Gasteiger partial charge in [-0.2, -0.15) is 4.98 Å². The molecule has 0 amide bonds. The van der Waals surface area contributed by atoms with E-state index in [0.29, 0.717) is 11.4 Å². The largest absolute Gasteiger partial charge is 0.372 e. The highest BCUT2D eigenvalue weighted by Crippen LogP contribution is 2.19. The third-order valence-corrected chi connectivity index (χ3v) is 2.40. The third kappa shape index (κ3) is 4.72. The smallest absolute Gasteiger partial charge is 0.262 e. The van der Waals surface area contributed by atoms with Gasteiger partial charge in [-0.05, 0) is 18.6 Å². The number of aromatic amines is 1. The Morgan fingerprint density at radius 2 is 2.10 bits per heavy atom. The molecule has 21 heavy (non-hydrogen) atoms. The van der Waals surface area contributed by atoms with Crippen molar-refractivity contribution in [2.75, 3.05) is 26.5 Å². The molecule has 1 rings (SSSR count). The van der Waals surface area contributed by atoms with Crippen LogP contribution in [0.2, 0.25) is 0 Å². The lowest BCUT2D eigenvalue weighted by Gasteiger charge is -2.08. The van der Waals surface area contributed by atoms with Crippen molar-refractivity contribution in [2.24, 2.45) is 4.99 Å². The number of hydrogen-bond donors (Lipinski definition) is 2. The highest BCUT2D eigenvalue weighted by Gasteiger charge is 2.12.